The van der Waals surface area contributed by atoms with Crippen LogP contribution in [0.5, 0.6) is 11.5 Å². The van der Waals surface area contributed by atoms with Gasteiger partial charge in [-0.25, -0.2) is 10.2 Å². The summed E-state index contributed by atoms with van der Waals surface area (Å²) in [5.74, 6) is -1.53. The third-order valence-electron chi connectivity index (χ3n) is 6.67. The number of benzene rings is 2. The van der Waals surface area contributed by atoms with Crippen LogP contribution in [-0.4, -0.2) is 37.2 Å². The van der Waals surface area contributed by atoms with Crippen molar-refractivity contribution in [3.8, 4) is 11.5 Å². The number of halogens is 2. The molecule has 12 heteroatoms. The fourth-order valence-electron chi connectivity index (χ4n) is 4.49. The number of rotatable bonds is 9. The zero-order valence-corrected chi connectivity index (χ0v) is 25.8. The first kappa shape index (κ1) is 31.3. The van der Waals surface area contributed by atoms with Gasteiger partial charge in [0.05, 0.1) is 25.0 Å². The predicted octanol–water partition coefficient (Wildman–Crippen LogP) is 6.57. The Morgan fingerprint density at radius 2 is 1.74 bits per heavy atom. The van der Waals surface area contributed by atoms with Crippen LogP contribution in [0.4, 0.5) is 5.00 Å². The summed E-state index contributed by atoms with van der Waals surface area (Å²) in [6, 6.07) is 10.3. The van der Waals surface area contributed by atoms with Gasteiger partial charge in [-0.1, -0.05) is 35.7 Å². The summed E-state index contributed by atoms with van der Waals surface area (Å²) in [6.07, 6.45) is 4.58. The van der Waals surface area contributed by atoms with Gasteiger partial charge >= 0.3 is 17.8 Å². The number of nitrogens with zero attached hydrogens (tertiary/aromatic N) is 1. The van der Waals surface area contributed by atoms with Crippen molar-refractivity contribution in [2.45, 2.75) is 52.6 Å². The molecule has 1 aliphatic rings. The third-order valence-corrected chi connectivity index (χ3v) is 8.59. The summed E-state index contributed by atoms with van der Waals surface area (Å²) < 4.78 is 16.6. The van der Waals surface area contributed by atoms with Gasteiger partial charge in [0.2, 0.25) is 0 Å². The number of anilines is 1. The Bertz CT molecular complexity index is 1500. The predicted molar refractivity (Wildman–Crippen MR) is 164 cm³/mol. The Balaban J connectivity index is 1.43. The van der Waals surface area contributed by atoms with Crippen LogP contribution in [0, 0.1) is 0 Å². The van der Waals surface area contributed by atoms with Crippen molar-refractivity contribution >= 4 is 63.0 Å². The van der Waals surface area contributed by atoms with E-state index in [1.807, 2.05) is 0 Å². The first-order valence-corrected chi connectivity index (χ1v) is 15.0. The summed E-state index contributed by atoms with van der Waals surface area (Å²) in [5.41, 5.74) is 5.22. The number of hydrogen-bond donors (Lipinski definition) is 2. The molecule has 0 aliphatic heterocycles. The quantitative estimate of drug-likeness (QED) is 0.0907. The van der Waals surface area contributed by atoms with E-state index < -0.39 is 17.8 Å². The Morgan fingerprint density at radius 1 is 1.00 bits per heavy atom. The van der Waals surface area contributed by atoms with E-state index in [0.717, 1.165) is 42.5 Å². The van der Waals surface area contributed by atoms with Crippen LogP contribution in [-0.2, 0) is 33.8 Å². The van der Waals surface area contributed by atoms with Gasteiger partial charge in [-0.3, -0.25) is 9.59 Å². The van der Waals surface area contributed by atoms with Crippen molar-refractivity contribution in [2.24, 2.45) is 5.10 Å². The molecule has 42 heavy (non-hydrogen) atoms. The molecule has 0 unspecified atom stereocenters. The summed E-state index contributed by atoms with van der Waals surface area (Å²) in [5, 5.41) is 7.98. The molecule has 1 heterocycles. The lowest BCUT2D eigenvalue weighted by Gasteiger charge is -2.13. The van der Waals surface area contributed by atoms with Crippen LogP contribution in [0.15, 0.2) is 41.5 Å². The maximum absolute atomic E-state index is 12.8. The highest BCUT2D eigenvalue weighted by molar-refractivity contribution is 7.17. The molecule has 0 fully saturated rings. The van der Waals surface area contributed by atoms with E-state index in [-0.39, 0.29) is 13.2 Å². The number of amides is 2. The van der Waals surface area contributed by atoms with Crippen molar-refractivity contribution in [1.29, 1.82) is 0 Å². The van der Waals surface area contributed by atoms with E-state index in [1.165, 1.54) is 18.4 Å². The number of thiophene rings is 1. The molecule has 0 saturated carbocycles. The Labute approximate surface area is 258 Å². The van der Waals surface area contributed by atoms with E-state index in [0.29, 0.717) is 48.9 Å². The first-order valence-electron chi connectivity index (χ1n) is 13.4. The SMILES string of the molecule is CCOC(=O)c1c(NC(=O)C(=O)NN=C(C)c2ccc(OCc3c(Cl)cccc3Cl)c(OC)c2)sc2c1CCCCC2. The van der Waals surface area contributed by atoms with Gasteiger partial charge in [0, 0.05) is 26.0 Å². The minimum absolute atomic E-state index is 0.136. The molecule has 1 aromatic heterocycles. The van der Waals surface area contributed by atoms with Crippen molar-refractivity contribution in [2.75, 3.05) is 19.0 Å². The van der Waals surface area contributed by atoms with E-state index in [4.69, 9.17) is 37.4 Å². The molecule has 0 saturated heterocycles. The second kappa shape index (κ2) is 14.5. The molecule has 0 atom stereocenters. The topological polar surface area (TPSA) is 115 Å². The normalized spacial score (nSPS) is 13.0. The van der Waals surface area contributed by atoms with Gasteiger partial charge in [-0.05, 0) is 75.4 Å². The number of carbonyl (C=O) groups is 3. The van der Waals surface area contributed by atoms with Crippen LogP contribution < -0.4 is 20.2 Å². The minimum atomic E-state index is -0.976. The third kappa shape index (κ3) is 7.42. The molecule has 0 bridgehead atoms. The van der Waals surface area contributed by atoms with E-state index >= 15 is 0 Å². The van der Waals surface area contributed by atoms with Crippen LogP contribution in [0.1, 0.15) is 65.0 Å². The van der Waals surface area contributed by atoms with Crippen LogP contribution in [0.3, 0.4) is 0 Å². The molecule has 0 radical (unpaired) electrons. The van der Waals surface area contributed by atoms with Crippen molar-refractivity contribution in [1.82, 2.24) is 5.43 Å². The fourth-order valence-corrected chi connectivity index (χ4v) is 6.27. The maximum atomic E-state index is 12.8. The monoisotopic (exact) mass is 631 g/mol. The molecule has 3 aromatic rings. The smallest absolute Gasteiger partial charge is 0.341 e. The summed E-state index contributed by atoms with van der Waals surface area (Å²) in [6.45, 7) is 3.74. The Hall–Kier alpha value is -3.60. The average molecular weight is 633 g/mol. The van der Waals surface area contributed by atoms with Crippen LogP contribution >= 0.6 is 34.5 Å². The number of methoxy groups -OCH3 is 1. The first-order chi connectivity index (χ1) is 20.2. The lowest BCUT2D eigenvalue weighted by Crippen LogP contribution is -2.33. The highest BCUT2D eigenvalue weighted by Crippen LogP contribution is 2.38. The van der Waals surface area contributed by atoms with Crippen molar-refractivity contribution in [3.63, 3.8) is 0 Å². The molecule has 2 amide bonds. The van der Waals surface area contributed by atoms with Crippen LogP contribution in [0.25, 0.3) is 0 Å². The Kier molecular flexibility index (Phi) is 10.8. The van der Waals surface area contributed by atoms with E-state index in [9.17, 15) is 14.4 Å². The average Bonchev–Trinajstić information content (AvgIpc) is 3.15. The molecule has 2 N–H and O–H groups in total. The van der Waals surface area contributed by atoms with Gasteiger partial charge in [-0.2, -0.15) is 5.10 Å². The minimum Gasteiger partial charge on any atom is -0.493 e. The number of nitrogens with one attached hydrogen (secondary N) is 2. The molecule has 0 spiro atoms. The van der Waals surface area contributed by atoms with Crippen LogP contribution in [0.2, 0.25) is 10.0 Å². The number of aryl methyl sites for hydroxylation is 1. The zero-order valence-electron chi connectivity index (χ0n) is 23.5. The number of fused-ring (bicyclic) bond motifs is 1. The molecule has 222 valence electrons. The number of carbonyl (C=O) groups excluding carboxylic acids is 3. The second-order valence-corrected chi connectivity index (χ2v) is 11.4. The van der Waals surface area contributed by atoms with E-state index in [2.05, 4.69) is 15.8 Å². The lowest BCUT2D eigenvalue weighted by atomic mass is 10.1. The largest absolute Gasteiger partial charge is 0.493 e. The molecule has 9 nitrogen and oxygen atoms in total. The lowest BCUT2D eigenvalue weighted by molar-refractivity contribution is -0.136. The summed E-state index contributed by atoms with van der Waals surface area (Å²) >= 11 is 13.8. The van der Waals surface area contributed by atoms with Crippen molar-refractivity contribution in [3.05, 3.63) is 73.6 Å². The molecule has 2 aromatic carbocycles. The Morgan fingerprint density at radius 3 is 2.45 bits per heavy atom. The summed E-state index contributed by atoms with van der Waals surface area (Å²) in [4.78, 5) is 39.2. The number of hydrazone groups is 1. The highest BCUT2D eigenvalue weighted by atomic mass is 35.5. The van der Waals surface area contributed by atoms with E-state index in [1.54, 1.807) is 50.2 Å². The van der Waals surface area contributed by atoms with Gasteiger partial charge in [0.15, 0.2) is 11.5 Å². The molecular formula is C30H31Cl2N3O6S. The number of ether oxygens (including phenoxy) is 3. The fraction of sp³-hybridized carbons (Fsp3) is 0.333. The van der Waals surface area contributed by atoms with Crippen molar-refractivity contribution < 1.29 is 28.6 Å². The molecule has 1 aliphatic carbocycles. The van der Waals surface area contributed by atoms with Gasteiger partial charge in [0.25, 0.3) is 0 Å². The maximum Gasteiger partial charge on any atom is 0.341 e. The zero-order chi connectivity index (χ0) is 30.2. The number of hydrogen-bond acceptors (Lipinski definition) is 8. The van der Waals surface area contributed by atoms with Gasteiger partial charge < -0.3 is 19.5 Å². The van der Waals surface area contributed by atoms with Gasteiger partial charge in [0.1, 0.15) is 11.6 Å². The molecule has 4 rings (SSSR count). The standard InChI is InChI=1S/C30H31Cl2N3O6S/c1-4-40-30(38)26-19-9-6-5-7-12-25(19)42-29(26)33-27(36)28(37)35-34-17(2)18-13-14-23(24(15-18)39-3)41-16-20-21(31)10-8-11-22(20)32/h8,10-11,13-15H,4-7,9,12,16H2,1-3H3,(H,33,36)(H,35,37). The summed E-state index contributed by atoms with van der Waals surface area (Å²) in [7, 11) is 1.50. The second-order valence-electron chi connectivity index (χ2n) is 9.44. The number of esters is 1. The molecular weight excluding hydrogens is 601 g/mol. The highest BCUT2D eigenvalue weighted by Gasteiger charge is 2.28. The van der Waals surface area contributed by atoms with Gasteiger partial charge in [-0.15, -0.1) is 11.3 Å².